The van der Waals surface area contributed by atoms with Gasteiger partial charge in [0, 0.05) is 6.20 Å². The lowest BCUT2D eigenvalue weighted by atomic mass is 10.2. The van der Waals surface area contributed by atoms with Crippen LogP contribution in [0.25, 0.3) is 0 Å². The van der Waals surface area contributed by atoms with E-state index in [1.54, 1.807) is 6.07 Å². The Morgan fingerprint density at radius 1 is 1.47 bits per heavy atom. The molecule has 0 saturated heterocycles. The lowest BCUT2D eigenvalue weighted by molar-refractivity contribution is 0.573. The van der Waals surface area contributed by atoms with Gasteiger partial charge in [-0.15, -0.1) is 0 Å². The van der Waals surface area contributed by atoms with Crippen molar-refractivity contribution in [2.75, 3.05) is 5.75 Å². The molecule has 0 aliphatic rings. The molecular formula is C12H16N2O2S. The smallest absolute Gasteiger partial charge is 0.154 e. The SMILES string of the molecule is CC(C)CCS(=O)(=O)Cc1ccnc(C#N)c1. The van der Waals surface area contributed by atoms with Crippen molar-refractivity contribution in [3.63, 3.8) is 0 Å². The van der Waals surface area contributed by atoms with Crippen molar-refractivity contribution in [3.05, 3.63) is 29.6 Å². The third-order valence-corrected chi connectivity index (χ3v) is 3.96. The molecule has 0 aromatic carbocycles. The first kappa shape index (κ1) is 13.7. The van der Waals surface area contributed by atoms with Gasteiger partial charge in [-0.25, -0.2) is 13.4 Å². The Balaban J connectivity index is 2.73. The van der Waals surface area contributed by atoms with Crippen LogP contribution >= 0.6 is 0 Å². The van der Waals surface area contributed by atoms with E-state index >= 15 is 0 Å². The second kappa shape index (κ2) is 5.78. The van der Waals surface area contributed by atoms with E-state index in [4.69, 9.17) is 5.26 Å². The largest absolute Gasteiger partial charge is 0.246 e. The summed E-state index contributed by atoms with van der Waals surface area (Å²) < 4.78 is 23.6. The zero-order valence-electron chi connectivity index (χ0n) is 10.0. The van der Waals surface area contributed by atoms with Crippen molar-refractivity contribution in [1.29, 1.82) is 5.26 Å². The third kappa shape index (κ3) is 4.96. The molecule has 0 fully saturated rings. The highest BCUT2D eigenvalue weighted by Gasteiger charge is 2.13. The van der Waals surface area contributed by atoms with E-state index < -0.39 is 9.84 Å². The predicted octanol–water partition coefficient (Wildman–Crippen LogP) is 1.91. The Kier molecular flexibility index (Phi) is 4.64. The maximum absolute atomic E-state index is 11.8. The monoisotopic (exact) mass is 252 g/mol. The fourth-order valence-corrected chi connectivity index (χ4v) is 3.03. The van der Waals surface area contributed by atoms with Gasteiger partial charge < -0.3 is 0 Å². The van der Waals surface area contributed by atoms with Gasteiger partial charge in [0.15, 0.2) is 9.84 Å². The molecule has 0 N–H and O–H groups in total. The fraction of sp³-hybridized carbons (Fsp3) is 0.500. The van der Waals surface area contributed by atoms with E-state index in [9.17, 15) is 8.42 Å². The van der Waals surface area contributed by atoms with Gasteiger partial charge in [-0.1, -0.05) is 13.8 Å². The van der Waals surface area contributed by atoms with Crippen molar-refractivity contribution in [2.45, 2.75) is 26.0 Å². The van der Waals surface area contributed by atoms with E-state index in [2.05, 4.69) is 4.98 Å². The van der Waals surface area contributed by atoms with Crippen LogP contribution in [-0.2, 0) is 15.6 Å². The Morgan fingerprint density at radius 2 is 2.18 bits per heavy atom. The van der Waals surface area contributed by atoms with Crippen LogP contribution in [0.2, 0.25) is 0 Å². The molecule has 0 spiro atoms. The average molecular weight is 252 g/mol. The minimum atomic E-state index is -3.09. The topological polar surface area (TPSA) is 70.8 Å². The van der Waals surface area contributed by atoms with Crippen molar-refractivity contribution in [2.24, 2.45) is 5.92 Å². The number of rotatable bonds is 5. The van der Waals surface area contributed by atoms with Gasteiger partial charge in [0.05, 0.1) is 11.5 Å². The highest BCUT2D eigenvalue weighted by atomic mass is 32.2. The van der Waals surface area contributed by atoms with Gasteiger partial charge in [0.25, 0.3) is 0 Å². The second-order valence-electron chi connectivity index (χ2n) is 4.44. The van der Waals surface area contributed by atoms with Crippen molar-refractivity contribution in [3.8, 4) is 6.07 Å². The van der Waals surface area contributed by atoms with Gasteiger partial charge in [0.2, 0.25) is 0 Å². The summed E-state index contributed by atoms with van der Waals surface area (Å²) in [6.45, 7) is 3.99. The van der Waals surface area contributed by atoms with Crippen LogP contribution in [0.1, 0.15) is 31.5 Å². The highest BCUT2D eigenvalue weighted by molar-refractivity contribution is 7.90. The van der Waals surface area contributed by atoms with Crippen molar-refractivity contribution in [1.82, 2.24) is 4.98 Å². The molecule has 17 heavy (non-hydrogen) atoms. The standard InChI is InChI=1S/C12H16N2O2S/c1-10(2)4-6-17(15,16)9-11-3-5-14-12(7-11)8-13/h3,5,7,10H,4,6,9H2,1-2H3. The Labute approximate surface area is 102 Å². The molecule has 0 aliphatic carbocycles. The highest BCUT2D eigenvalue weighted by Crippen LogP contribution is 2.10. The number of nitrogens with zero attached hydrogens (tertiary/aromatic N) is 2. The minimum Gasteiger partial charge on any atom is -0.246 e. The molecule has 1 heterocycles. The van der Waals surface area contributed by atoms with Gasteiger partial charge in [0.1, 0.15) is 11.8 Å². The third-order valence-electron chi connectivity index (χ3n) is 2.33. The molecule has 5 heteroatoms. The van der Waals surface area contributed by atoms with Crippen LogP contribution in [0.4, 0.5) is 0 Å². The van der Waals surface area contributed by atoms with Gasteiger partial charge in [-0.05, 0) is 30.0 Å². The summed E-state index contributed by atoms with van der Waals surface area (Å²) in [5, 5.41) is 8.67. The molecule has 0 bridgehead atoms. The summed E-state index contributed by atoms with van der Waals surface area (Å²) >= 11 is 0. The zero-order valence-corrected chi connectivity index (χ0v) is 10.9. The first-order chi connectivity index (χ1) is 7.93. The average Bonchev–Trinajstić information content (AvgIpc) is 2.26. The van der Waals surface area contributed by atoms with E-state index in [-0.39, 0.29) is 17.2 Å². The van der Waals surface area contributed by atoms with E-state index in [1.807, 2.05) is 19.9 Å². The number of hydrogen-bond acceptors (Lipinski definition) is 4. The molecule has 4 nitrogen and oxygen atoms in total. The van der Waals surface area contributed by atoms with Crippen LogP contribution in [0.5, 0.6) is 0 Å². The number of aromatic nitrogens is 1. The van der Waals surface area contributed by atoms with Gasteiger partial charge in [-0.2, -0.15) is 5.26 Å². The van der Waals surface area contributed by atoms with Crippen LogP contribution in [0.15, 0.2) is 18.3 Å². The van der Waals surface area contributed by atoms with Crippen LogP contribution in [0.3, 0.4) is 0 Å². The molecule has 1 aromatic rings. The summed E-state index contributed by atoms with van der Waals surface area (Å²) in [6.07, 6.45) is 2.13. The van der Waals surface area contributed by atoms with Gasteiger partial charge in [-0.3, -0.25) is 0 Å². The Morgan fingerprint density at radius 3 is 2.76 bits per heavy atom. The number of sulfone groups is 1. The Hall–Kier alpha value is -1.41. The van der Waals surface area contributed by atoms with Crippen molar-refractivity contribution < 1.29 is 8.42 Å². The van der Waals surface area contributed by atoms with E-state index in [0.717, 1.165) is 0 Å². The molecule has 0 atom stereocenters. The molecule has 0 unspecified atom stereocenters. The lowest BCUT2D eigenvalue weighted by Crippen LogP contribution is -2.11. The number of nitriles is 1. The summed E-state index contributed by atoms with van der Waals surface area (Å²) in [7, 11) is -3.09. The quantitative estimate of drug-likeness (QED) is 0.802. The lowest BCUT2D eigenvalue weighted by Gasteiger charge is -2.06. The molecule has 0 amide bonds. The summed E-state index contributed by atoms with van der Waals surface area (Å²) in [5.41, 5.74) is 0.877. The summed E-state index contributed by atoms with van der Waals surface area (Å²) in [5.74, 6) is 0.545. The van der Waals surface area contributed by atoms with Gasteiger partial charge >= 0.3 is 0 Å². The first-order valence-electron chi connectivity index (χ1n) is 5.48. The van der Waals surface area contributed by atoms with E-state index in [1.165, 1.54) is 12.3 Å². The second-order valence-corrected chi connectivity index (χ2v) is 6.62. The van der Waals surface area contributed by atoms with Crippen LogP contribution in [-0.4, -0.2) is 19.2 Å². The summed E-state index contributed by atoms with van der Waals surface area (Å²) in [6, 6.07) is 5.05. The van der Waals surface area contributed by atoms with Crippen molar-refractivity contribution >= 4 is 9.84 Å². The van der Waals surface area contributed by atoms with E-state index in [0.29, 0.717) is 17.9 Å². The molecule has 0 saturated carbocycles. The molecule has 0 aliphatic heterocycles. The van der Waals surface area contributed by atoms with Crippen LogP contribution < -0.4 is 0 Å². The number of pyridine rings is 1. The maximum atomic E-state index is 11.8. The normalized spacial score (nSPS) is 11.4. The molecular weight excluding hydrogens is 236 g/mol. The molecule has 92 valence electrons. The zero-order chi connectivity index (χ0) is 12.9. The number of hydrogen-bond donors (Lipinski definition) is 0. The van der Waals surface area contributed by atoms with Crippen LogP contribution in [0, 0.1) is 17.2 Å². The molecule has 0 radical (unpaired) electrons. The first-order valence-corrected chi connectivity index (χ1v) is 7.30. The fourth-order valence-electron chi connectivity index (χ4n) is 1.37. The molecule has 1 aromatic heterocycles. The maximum Gasteiger partial charge on any atom is 0.154 e. The molecule has 1 rings (SSSR count). The summed E-state index contributed by atoms with van der Waals surface area (Å²) in [4.78, 5) is 3.81. The Bertz CT molecular complexity index is 516. The minimum absolute atomic E-state index is 0.0169. The predicted molar refractivity (Wildman–Crippen MR) is 65.9 cm³/mol.